The molecule has 7 nitrogen and oxygen atoms in total. The number of aromatic nitrogens is 3. The fourth-order valence-electron chi connectivity index (χ4n) is 0.777. The smallest absolute Gasteiger partial charge is 0.339 e. The third-order valence-electron chi connectivity index (χ3n) is 1.40. The van der Waals surface area contributed by atoms with Crippen molar-refractivity contribution in [3.63, 3.8) is 0 Å². The van der Waals surface area contributed by atoms with Gasteiger partial charge in [0.15, 0.2) is 6.10 Å². The summed E-state index contributed by atoms with van der Waals surface area (Å²) in [7, 11) is 0. The average molecular weight is 187 g/mol. The van der Waals surface area contributed by atoms with E-state index in [0.717, 1.165) is 0 Å². The van der Waals surface area contributed by atoms with E-state index in [4.69, 9.17) is 15.3 Å². The summed E-state index contributed by atoms with van der Waals surface area (Å²) in [5.74, 6) is -1.38. The van der Waals surface area contributed by atoms with Crippen molar-refractivity contribution in [3.8, 4) is 0 Å². The van der Waals surface area contributed by atoms with E-state index in [9.17, 15) is 4.79 Å². The van der Waals surface area contributed by atoms with E-state index in [1.165, 1.54) is 10.9 Å². The van der Waals surface area contributed by atoms with Crippen LogP contribution in [-0.4, -0.2) is 42.9 Å². The minimum absolute atomic E-state index is 0.0408. The summed E-state index contributed by atoms with van der Waals surface area (Å²) in [5, 5.41) is 32.8. The first kappa shape index (κ1) is 9.62. The van der Waals surface area contributed by atoms with Gasteiger partial charge in [0, 0.05) is 0 Å². The maximum absolute atomic E-state index is 10.3. The van der Waals surface area contributed by atoms with Crippen molar-refractivity contribution in [2.24, 2.45) is 0 Å². The number of rotatable bonds is 4. The van der Waals surface area contributed by atoms with Crippen LogP contribution in [0.3, 0.4) is 0 Å². The summed E-state index contributed by atoms with van der Waals surface area (Å²) in [6, 6.07) is 0. The van der Waals surface area contributed by atoms with Crippen molar-refractivity contribution in [1.82, 2.24) is 15.0 Å². The van der Waals surface area contributed by atoms with Crippen LogP contribution in [0, 0.1) is 0 Å². The number of aliphatic hydroxyl groups excluding tert-OH is 2. The van der Waals surface area contributed by atoms with Crippen LogP contribution >= 0.6 is 0 Å². The number of nitrogens with zero attached hydrogens (tertiary/aromatic N) is 3. The molecule has 1 aromatic heterocycles. The lowest BCUT2D eigenvalue weighted by Gasteiger charge is -1.97. The number of hydrogen-bond acceptors (Lipinski definition) is 5. The number of carboxylic acid groups (broad SMARTS) is 1. The van der Waals surface area contributed by atoms with Gasteiger partial charge in [-0.3, -0.25) is 0 Å². The zero-order chi connectivity index (χ0) is 9.84. The normalized spacial score (nSPS) is 12.8. The Morgan fingerprint density at radius 2 is 2.38 bits per heavy atom. The lowest BCUT2D eigenvalue weighted by molar-refractivity contribution is -0.147. The third-order valence-corrected chi connectivity index (χ3v) is 1.40. The number of hydrogen-bond donors (Lipinski definition) is 3. The molecule has 0 saturated heterocycles. The summed E-state index contributed by atoms with van der Waals surface area (Å²) in [4.78, 5) is 10.3. The largest absolute Gasteiger partial charge is 0.479 e. The van der Waals surface area contributed by atoms with Crippen molar-refractivity contribution in [1.29, 1.82) is 0 Å². The van der Waals surface area contributed by atoms with E-state index in [-0.39, 0.29) is 18.8 Å². The Labute approximate surface area is 73.2 Å². The van der Waals surface area contributed by atoms with Crippen LogP contribution in [0.4, 0.5) is 0 Å². The Hall–Kier alpha value is -1.47. The Morgan fingerprint density at radius 3 is 2.92 bits per heavy atom. The van der Waals surface area contributed by atoms with Gasteiger partial charge in [-0.25, -0.2) is 9.48 Å². The zero-order valence-corrected chi connectivity index (χ0v) is 6.66. The Balaban J connectivity index is 2.73. The van der Waals surface area contributed by atoms with Gasteiger partial charge in [-0.2, -0.15) is 0 Å². The maximum atomic E-state index is 10.3. The molecule has 0 radical (unpaired) electrons. The fourth-order valence-corrected chi connectivity index (χ4v) is 0.777. The SMILES string of the molecule is O=C(O)C(O)c1cn(CCO)nn1. The Bertz CT molecular complexity index is 298. The van der Waals surface area contributed by atoms with Crippen LogP contribution in [0.25, 0.3) is 0 Å². The molecular weight excluding hydrogens is 178 g/mol. The van der Waals surface area contributed by atoms with Crippen molar-refractivity contribution in [3.05, 3.63) is 11.9 Å². The molecular formula is C6H9N3O4. The first-order valence-corrected chi connectivity index (χ1v) is 3.57. The Kier molecular flexibility index (Phi) is 2.93. The first-order chi connectivity index (χ1) is 6.15. The van der Waals surface area contributed by atoms with Gasteiger partial charge in [-0.1, -0.05) is 5.21 Å². The highest BCUT2D eigenvalue weighted by Crippen LogP contribution is 2.07. The zero-order valence-electron chi connectivity index (χ0n) is 6.66. The second-order valence-electron chi connectivity index (χ2n) is 2.37. The molecule has 72 valence electrons. The van der Waals surface area contributed by atoms with E-state index in [1.54, 1.807) is 0 Å². The van der Waals surface area contributed by atoms with Crippen LogP contribution in [0.5, 0.6) is 0 Å². The second-order valence-corrected chi connectivity index (χ2v) is 2.37. The third kappa shape index (κ3) is 2.23. The minimum Gasteiger partial charge on any atom is -0.479 e. The molecule has 3 N–H and O–H groups in total. The quantitative estimate of drug-likeness (QED) is 0.523. The molecule has 0 aliphatic carbocycles. The lowest BCUT2D eigenvalue weighted by atomic mass is 10.3. The highest BCUT2D eigenvalue weighted by Gasteiger charge is 2.19. The van der Waals surface area contributed by atoms with Gasteiger partial charge < -0.3 is 15.3 Å². The van der Waals surface area contributed by atoms with Gasteiger partial charge in [0.25, 0.3) is 0 Å². The molecule has 0 aliphatic rings. The molecule has 1 atom stereocenters. The van der Waals surface area contributed by atoms with Crippen molar-refractivity contribution < 1.29 is 20.1 Å². The molecule has 1 unspecified atom stereocenters. The van der Waals surface area contributed by atoms with Crippen molar-refractivity contribution >= 4 is 5.97 Å². The van der Waals surface area contributed by atoms with Crippen LogP contribution in [-0.2, 0) is 11.3 Å². The standard InChI is InChI=1S/C6H9N3O4/c10-2-1-9-3-4(7-8-9)5(11)6(12)13/h3,5,10-11H,1-2H2,(H,12,13). The molecule has 1 aromatic rings. The number of carbonyl (C=O) groups is 1. The van der Waals surface area contributed by atoms with E-state index in [0.29, 0.717) is 0 Å². The van der Waals surface area contributed by atoms with Crippen molar-refractivity contribution in [2.75, 3.05) is 6.61 Å². The number of carboxylic acids is 1. The fraction of sp³-hybridized carbons (Fsp3) is 0.500. The van der Waals surface area contributed by atoms with Crippen molar-refractivity contribution in [2.45, 2.75) is 12.6 Å². The molecule has 0 aliphatic heterocycles. The van der Waals surface area contributed by atoms with Gasteiger partial charge in [0.05, 0.1) is 19.3 Å². The molecule has 1 rings (SSSR count). The molecule has 7 heteroatoms. The summed E-state index contributed by atoms with van der Waals surface area (Å²) >= 11 is 0. The highest BCUT2D eigenvalue weighted by molar-refractivity contribution is 5.73. The lowest BCUT2D eigenvalue weighted by Crippen LogP contribution is -2.10. The maximum Gasteiger partial charge on any atom is 0.339 e. The monoisotopic (exact) mass is 187 g/mol. The van der Waals surface area contributed by atoms with Crippen LogP contribution < -0.4 is 0 Å². The van der Waals surface area contributed by atoms with Gasteiger partial charge in [-0.15, -0.1) is 5.10 Å². The number of aliphatic hydroxyl groups is 2. The molecule has 0 bridgehead atoms. The molecule has 0 saturated carbocycles. The average Bonchev–Trinajstić information content (AvgIpc) is 2.52. The molecule has 0 aromatic carbocycles. The van der Waals surface area contributed by atoms with Crippen LogP contribution in [0.2, 0.25) is 0 Å². The predicted octanol–water partition coefficient (Wildman–Crippen LogP) is -1.61. The van der Waals surface area contributed by atoms with E-state index in [1.807, 2.05) is 0 Å². The van der Waals surface area contributed by atoms with E-state index < -0.39 is 12.1 Å². The summed E-state index contributed by atoms with van der Waals surface area (Å²) in [6.45, 7) is 0.102. The van der Waals surface area contributed by atoms with E-state index >= 15 is 0 Å². The first-order valence-electron chi connectivity index (χ1n) is 3.57. The van der Waals surface area contributed by atoms with Gasteiger partial charge in [0.1, 0.15) is 5.69 Å². The van der Waals surface area contributed by atoms with E-state index in [2.05, 4.69) is 10.3 Å². The molecule has 0 fully saturated rings. The van der Waals surface area contributed by atoms with Gasteiger partial charge in [0.2, 0.25) is 0 Å². The topological polar surface area (TPSA) is 108 Å². The van der Waals surface area contributed by atoms with Gasteiger partial charge >= 0.3 is 5.97 Å². The summed E-state index contributed by atoms with van der Waals surface area (Å²) in [6.07, 6.45) is -0.387. The number of aliphatic carboxylic acids is 1. The summed E-state index contributed by atoms with van der Waals surface area (Å²) in [5.41, 5.74) is -0.0408. The summed E-state index contributed by atoms with van der Waals surface area (Å²) < 4.78 is 1.25. The Morgan fingerprint density at radius 1 is 1.69 bits per heavy atom. The highest BCUT2D eigenvalue weighted by atomic mass is 16.4. The van der Waals surface area contributed by atoms with Crippen LogP contribution in [0.1, 0.15) is 11.8 Å². The molecule has 0 spiro atoms. The molecule has 0 amide bonds. The van der Waals surface area contributed by atoms with Crippen LogP contribution in [0.15, 0.2) is 6.20 Å². The predicted molar refractivity (Wildman–Crippen MR) is 39.7 cm³/mol. The molecule has 13 heavy (non-hydrogen) atoms. The van der Waals surface area contributed by atoms with Gasteiger partial charge in [-0.05, 0) is 0 Å². The minimum atomic E-state index is -1.66. The second kappa shape index (κ2) is 3.97. The molecule has 1 heterocycles.